The number of carbonyl (C=O) groups is 3. The van der Waals surface area contributed by atoms with Gasteiger partial charge >= 0.3 is 29.6 Å². The molecular weight excluding hydrogens is 505 g/mol. The molecule has 0 radical (unpaired) electrons. The van der Waals surface area contributed by atoms with Crippen LogP contribution in [0.25, 0.3) is 10.4 Å². The maximum atomic E-state index is 13.5. The number of nitrogens with one attached hydrogen (secondary N) is 1. The topological polar surface area (TPSA) is 102 Å². The van der Waals surface area contributed by atoms with Gasteiger partial charge in [-0.2, -0.15) is 0 Å². The van der Waals surface area contributed by atoms with E-state index in [0.717, 1.165) is 42.6 Å². The number of rotatable bonds is 7. The third-order valence-corrected chi connectivity index (χ3v) is 8.11. The zero-order valence-corrected chi connectivity index (χ0v) is 24.6. The Morgan fingerprint density at radius 1 is 1.11 bits per heavy atom. The maximum absolute atomic E-state index is 13.5. The molecule has 1 fully saturated rings. The van der Waals surface area contributed by atoms with E-state index >= 15 is 0 Å². The van der Waals surface area contributed by atoms with Gasteiger partial charge in [-0.05, 0) is 69.2 Å². The van der Waals surface area contributed by atoms with Crippen LogP contribution in [0, 0.1) is 11.8 Å². The molecule has 4 rings (SSSR count). The minimum absolute atomic E-state index is 0. The van der Waals surface area contributed by atoms with Crippen LogP contribution in [-0.4, -0.2) is 28.8 Å². The Kier molecular flexibility index (Phi) is 9.88. The van der Waals surface area contributed by atoms with Crippen LogP contribution in [0.1, 0.15) is 66.6 Å². The molecule has 36 heavy (non-hydrogen) atoms. The number of nitrogens with zero attached hydrogens (tertiary/aromatic N) is 2. The van der Waals surface area contributed by atoms with E-state index in [1.54, 1.807) is 34.0 Å². The predicted molar refractivity (Wildman–Crippen MR) is 138 cm³/mol. The monoisotopic (exact) mass is 533 g/mol. The fourth-order valence-electron chi connectivity index (χ4n) is 4.44. The molecule has 2 aromatic heterocycles. The van der Waals surface area contributed by atoms with Crippen LogP contribution in [0.3, 0.4) is 0 Å². The van der Waals surface area contributed by atoms with E-state index in [4.69, 9.17) is 0 Å². The van der Waals surface area contributed by atoms with E-state index in [2.05, 4.69) is 17.2 Å². The van der Waals surface area contributed by atoms with Gasteiger partial charge < -0.3 is 20.1 Å². The van der Waals surface area contributed by atoms with Crippen molar-refractivity contribution in [3.05, 3.63) is 51.8 Å². The summed E-state index contributed by atoms with van der Waals surface area (Å²) < 4.78 is 0. The number of benzene rings is 1. The number of carbonyl (C=O) groups excluding carboxylic acids is 3. The molecule has 1 aromatic carbocycles. The first-order valence-corrected chi connectivity index (χ1v) is 13.5. The Balaban J connectivity index is 0.00000361. The maximum Gasteiger partial charge on any atom is 1.00 e. The average molecular weight is 534 g/mol. The van der Waals surface area contributed by atoms with Crippen molar-refractivity contribution in [1.82, 2.24) is 4.98 Å². The molecule has 184 valence electrons. The van der Waals surface area contributed by atoms with Gasteiger partial charge in [-0.25, -0.2) is 4.98 Å². The summed E-state index contributed by atoms with van der Waals surface area (Å²) in [6.45, 7) is 6.01. The SMILES string of the molecule is CC(C)N(c1cc(-c2ccc(NC(=O)c3cscn3)cc2)sc1C(=O)[O-])C(=O)[C@H]1CC[C@H](C)CC1.[Na+]. The van der Waals surface area contributed by atoms with Crippen molar-refractivity contribution in [3.8, 4) is 10.4 Å². The molecule has 0 aliphatic heterocycles. The van der Waals surface area contributed by atoms with Gasteiger partial charge in [0.25, 0.3) is 5.91 Å². The van der Waals surface area contributed by atoms with E-state index in [0.29, 0.717) is 27.9 Å². The van der Waals surface area contributed by atoms with Crippen molar-refractivity contribution < 1.29 is 49.0 Å². The van der Waals surface area contributed by atoms with E-state index in [-0.39, 0.29) is 58.2 Å². The van der Waals surface area contributed by atoms with E-state index in [9.17, 15) is 19.5 Å². The molecule has 1 saturated carbocycles. The van der Waals surface area contributed by atoms with Crippen LogP contribution in [0.5, 0.6) is 0 Å². The van der Waals surface area contributed by atoms with Gasteiger partial charge in [0, 0.05) is 27.9 Å². The van der Waals surface area contributed by atoms with Crippen LogP contribution in [-0.2, 0) is 4.79 Å². The van der Waals surface area contributed by atoms with Crippen molar-refractivity contribution in [2.75, 3.05) is 10.2 Å². The molecule has 0 atom stereocenters. The average Bonchev–Trinajstić information content (AvgIpc) is 3.51. The molecular formula is C26H28N3NaO4S2. The van der Waals surface area contributed by atoms with Crippen LogP contribution >= 0.6 is 22.7 Å². The number of thiophene rings is 1. The van der Waals surface area contributed by atoms with Crippen LogP contribution in [0.4, 0.5) is 11.4 Å². The first-order valence-electron chi connectivity index (χ1n) is 11.7. The zero-order valence-electron chi connectivity index (χ0n) is 20.9. The number of thiazole rings is 1. The van der Waals surface area contributed by atoms with Gasteiger partial charge in [-0.3, -0.25) is 9.59 Å². The number of aromatic nitrogens is 1. The Hall–Kier alpha value is -2.04. The molecule has 0 bridgehead atoms. The molecule has 7 nitrogen and oxygen atoms in total. The predicted octanol–water partition coefficient (Wildman–Crippen LogP) is 2.06. The summed E-state index contributed by atoms with van der Waals surface area (Å²) in [5.41, 5.74) is 3.74. The number of aromatic carboxylic acids is 1. The first-order chi connectivity index (χ1) is 16.7. The van der Waals surface area contributed by atoms with Crippen LogP contribution < -0.4 is 44.9 Å². The Morgan fingerprint density at radius 3 is 2.33 bits per heavy atom. The van der Waals surface area contributed by atoms with E-state index in [1.165, 1.54) is 11.3 Å². The minimum atomic E-state index is -1.29. The number of hydrogen-bond donors (Lipinski definition) is 1. The summed E-state index contributed by atoms with van der Waals surface area (Å²) in [7, 11) is 0. The van der Waals surface area contributed by atoms with Crippen molar-refractivity contribution >= 4 is 51.8 Å². The third-order valence-electron chi connectivity index (χ3n) is 6.37. The second-order valence-corrected chi connectivity index (χ2v) is 11.0. The molecule has 0 spiro atoms. The van der Waals surface area contributed by atoms with Crippen LogP contribution in [0.15, 0.2) is 41.2 Å². The molecule has 0 saturated heterocycles. The molecule has 1 N–H and O–H groups in total. The third kappa shape index (κ3) is 6.44. The summed E-state index contributed by atoms with van der Waals surface area (Å²) in [4.78, 5) is 44.1. The Morgan fingerprint density at radius 2 is 1.78 bits per heavy atom. The number of anilines is 2. The second kappa shape index (κ2) is 12.5. The Labute approximate surface area is 241 Å². The summed E-state index contributed by atoms with van der Waals surface area (Å²) in [5, 5.41) is 16.5. The molecule has 2 amide bonds. The summed E-state index contributed by atoms with van der Waals surface area (Å²) in [6.07, 6.45) is 3.68. The minimum Gasteiger partial charge on any atom is -0.544 e. The number of carboxylic acids is 1. The van der Waals surface area contributed by atoms with Crippen molar-refractivity contribution in [2.24, 2.45) is 11.8 Å². The zero-order chi connectivity index (χ0) is 25.1. The largest absolute Gasteiger partial charge is 1.00 e. The molecule has 3 aromatic rings. The Bertz CT molecular complexity index is 1200. The number of amides is 2. The van der Waals surface area contributed by atoms with Crippen molar-refractivity contribution in [1.29, 1.82) is 0 Å². The van der Waals surface area contributed by atoms with Crippen molar-refractivity contribution in [2.45, 2.75) is 52.5 Å². The number of hydrogen-bond acceptors (Lipinski definition) is 7. The van der Waals surface area contributed by atoms with Gasteiger partial charge in [0.05, 0.1) is 22.0 Å². The summed E-state index contributed by atoms with van der Waals surface area (Å²) in [5.74, 6) is -1.07. The van der Waals surface area contributed by atoms with Crippen LogP contribution in [0.2, 0.25) is 0 Å². The fraction of sp³-hybridized carbons (Fsp3) is 0.385. The van der Waals surface area contributed by atoms with Gasteiger partial charge in [0.15, 0.2) is 0 Å². The number of carboxylic acid groups (broad SMARTS) is 1. The standard InChI is InChI=1S/C26H29N3O4S2.Na/c1-15(2)29(25(31)18-6-4-16(3)5-7-18)21-12-22(35-23(21)26(32)33)17-8-10-19(11-9-17)28-24(30)20-13-34-14-27-20;/h8-16,18H,4-7H2,1-3H3,(H,28,30)(H,32,33);/q;+1/p-1/t16-,18-;. The molecule has 1 aliphatic carbocycles. The van der Waals surface area contributed by atoms with E-state index in [1.807, 2.05) is 26.0 Å². The molecule has 1 aliphatic rings. The molecule has 2 heterocycles. The summed E-state index contributed by atoms with van der Waals surface area (Å²) >= 11 is 2.44. The van der Waals surface area contributed by atoms with Crippen molar-refractivity contribution in [3.63, 3.8) is 0 Å². The van der Waals surface area contributed by atoms with Gasteiger partial charge in [-0.15, -0.1) is 22.7 Å². The second-order valence-electron chi connectivity index (χ2n) is 9.28. The quantitative estimate of drug-likeness (QED) is 0.469. The normalized spacial score (nSPS) is 17.3. The van der Waals surface area contributed by atoms with Gasteiger partial charge in [0.2, 0.25) is 5.91 Å². The smallest absolute Gasteiger partial charge is 0.544 e. The van der Waals surface area contributed by atoms with Gasteiger partial charge in [-0.1, -0.05) is 19.1 Å². The molecule has 0 unspecified atom stereocenters. The molecule has 10 heteroatoms. The van der Waals surface area contributed by atoms with Gasteiger partial charge in [0.1, 0.15) is 5.69 Å². The fourth-order valence-corrected chi connectivity index (χ4v) is 5.96. The van der Waals surface area contributed by atoms with E-state index < -0.39 is 5.97 Å². The summed E-state index contributed by atoms with van der Waals surface area (Å²) in [6, 6.07) is 8.72. The first kappa shape index (κ1) is 28.5.